The van der Waals surface area contributed by atoms with Gasteiger partial charge in [-0.05, 0) is 41.5 Å². The fraction of sp³-hybridized carbons (Fsp3) is 0.0952. The van der Waals surface area contributed by atoms with Gasteiger partial charge in [-0.1, -0.05) is 35.3 Å². The molecule has 0 fully saturated rings. The van der Waals surface area contributed by atoms with Crippen LogP contribution in [0.25, 0.3) is 11.6 Å². The van der Waals surface area contributed by atoms with Crippen LogP contribution in [0.2, 0.25) is 10.0 Å². The van der Waals surface area contributed by atoms with Crippen molar-refractivity contribution >= 4 is 58.1 Å². The molecule has 0 saturated carbocycles. The third kappa shape index (κ3) is 4.96. The zero-order valence-corrected chi connectivity index (χ0v) is 16.5. The SMILES string of the molecule is N#C/C=C/c1ccc(NC(=O)/C=C2\CC(C(=O)O)Nc3cc(Cl)cc(Cl)c32)cc1. The van der Waals surface area contributed by atoms with Crippen LogP contribution in [0, 0.1) is 11.3 Å². The Balaban J connectivity index is 1.87. The van der Waals surface area contributed by atoms with Gasteiger partial charge < -0.3 is 15.7 Å². The van der Waals surface area contributed by atoms with E-state index in [1.54, 1.807) is 42.5 Å². The summed E-state index contributed by atoms with van der Waals surface area (Å²) in [4.78, 5) is 24.0. The Bertz CT molecular complexity index is 1070. The lowest BCUT2D eigenvalue weighted by Crippen LogP contribution is -2.33. The van der Waals surface area contributed by atoms with Crippen molar-refractivity contribution in [2.45, 2.75) is 12.5 Å². The van der Waals surface area contributed by atoms with Crippen molar-refractivity contribution in [3.05, 3.63) is 69.7 Å². The molecule has 6 nitrogen and oxygen atoms in total. The van der Waals surface area contributed by atoms with Gasteiger partial charge >= 0.3 is 5.97 Å². The number of benzene rings is 2. The third-order valence-corrected chi connectivity index (χ3v) is 4.78. The third-order valence-electron chi connectivity index (χ3n) is 4.26. The predicted molar refractivity (Wildman–Crippen MR) is 114 cm³/mol. The Hall–Kier alpha value is -3.27. The molecule has 3 N–H and O–H groups in total. The van der Waals surface area contributed by atoms with Gasteiger partial charge in [0.15, 0.2) is 0 Å². The number of anilines is 2. The number of hydrogen-bond donors (Lipinski definition) is 3. The largest absolute Gasteiger partial charge is 0.480 e. The lowest BCUT2D eigenvalue weighted by Gasteiger charge is -2.27. The number of nitriles is 1. The summed E-state index contributed by atoms with van der Waals surface area (Å²) >= 11 is 12.3. The van der Waals surface area contributed by atoms with E-state index in [9.17, 15) is 14.7 Å². The van der Waals surface area contributed by atoms with E-state index in [0.29, 0.717) is 32.6 Å². The summed E-state index contributed by atoms with van der Waals surface area (Å²) in [7, 11) is 0. The minimum Gasteiger partial charge on any atom is -0.480 e. The molecule has 0 spiro atoms. The number of hydrogen-bond acceptors (Lipinski definition) is 4. The number of carboxylic acid groups (broad SMARTS) is 1. The monoisotopic (exact) mass is 427 g/mol. The summed E-state index contributed by atoms with van der Waals surface area (Å²) in [5.74, 6) is -1.46. The Labute approximate surface area is 177 Å². The molecular weight excluding hydrogens is 413 g/mol. The van der Waals surface area contributed by atoms with E-state index in [1.807, 2.05) is 6.07 Å². The maximum atomic E-state index is 12.5. The molecule has 0 aromatic heterocycles. The molecule has 1 atom stereocenters. The van der Waals surface area contributed by atoms with Crippen LogP contribution in [-0.2, 0) is 9.59 Å². The number of fused-ring (bicyclic) bond motifs is 1. The van der Waals surface area contributed by atoms with Crippen molar-refractivity contribution in [1.82, 2.24) is 0 Å². The highest BCUT2D eigenvalue weighted by Crippen LogP contribution is 2.40. The van der Waals surface area contributed by atoms with Gasteiger partial charge in [0.2, 0.25) is 5.91 Å². The first-order valence-electron chi connectivity index (χ1n) is 8.54. The van der Waals surface area contributed by atoms with E-state index in [0.717, 1.165) is 5.56 Å². The number of allylic oxidation sites excluding steroid dienone is 1. The highest BCUT2D eigenvalue weighted by Gasteiger charge is 2.29. The average molecular weight is 428 g/mol. The van der Waals surface area contributed by atoms with Crippen molar-refractivity contribution in [3.8, 4) is 6.07 Å². The number of carbonyl (C=O) groups excluding carboxylic acids is 1. The number of nitrogens with zero attached hydrogens (tertiary/aromatic N) is 1. The normalized spacial score (nSPS) is 16.7. The minimum atomic E-state index is -1.04. The zero-order valence-electron chi connectivity index (χ0n) is 14.9. The molecule has 0 bridgehead atoms. The Morgan fingerprint density at radius 3 is 2.62 bits per heavy atom. The molecule has 2 aromatic carbocycles. The van der Waals surface area contributed by atoms with Crippen LogP contribution < -0.4 is 10.6 Å². The number of amides is 1. The quantitative estimate of drug-likeness (QED) is 0.479. The molecule has 29 heavy (non-hydrogen) atoms. The fourth-order valence-corrected chi connectivity index (χ4v) is 3.62. The van der Waals surface area contributed by atoms with Crippen molar-refractivity contribution in [3.63, 3.8) is 0 Å². The van der Waals surface area contributed by atoms with Crippen molar-refractivity contribution in [1.29, 1.82) is 5.26 Å². The van der Waals surface area contributed by atoms with Crippen LogP contribution in [-0.4, -0.2) is 23.0 Å². The van der Waals surface area contributed by atoms with E-state index in [4.69, 9.17) is 28.5 Å². The highest BCUT2D eigenvalue weighted by molar-refractivity contribution is 6.36. The summed E-state index contributed by atoms with van der Waals surface area (Å²) in [6, 6.07) is 11.1. The summed E-state index contributed by atoms with van der Waals surface area (Å²) in [5.41, 5.74) is 2.91. The van der Waals surface area contributed by atoms with Crippen molar-refractivity contribution in [2.24, 2.45) is 0 Å². The number of nitrogens with one attached hydrogen (secondary N) is 2. The van der Waals surface area contributed by atoms with Gasteiger partial charge in [-0.25, -0.2) is 4.79 Å². The van der Waals surface area contributed by atoms with Crippen LogP contribution >= 0.6 is 23.2 Å². The van der Waals surface area contributed by atoms with Gasteiger partial charge in [0, 0.05) is 40.5 Å². The first kappa shape index (κ1) is 20.5. The van der Waals surface area contributed by atoms with Crippen LogP contribution in [0.1, 0.15) is 17.5 Å². The second kappa shape index (κ2) is 8.82. The molecule has 8 heteroatoms. The molecule has 2 aromatic rings. The molecular formula is C21H15Cl2N3O3. The maximum absolute atomic E-state index is 12.5. The molecule has 146 valence electrons. The first-order valence-corrected chi connectivity index (χ1v) is 9.29. The van der Waals surface area contributed by atoms with Crippen LogP contribution in [0.3, 0.4) is 0 Å². The predicted octanol–water partition coefficient (Wildman–Crippen LogP) is 4.82. The van der Waals surface area contributed by atoms with Gasteiger partial charge in [0.25, 0.3) is 0 Å². The summed E-state index contributed by atoms with van der Waals surface area (Å²) in [5, 5.41) is 24.3. The molecule has 1 aliphatic rings. The molecule has 0 radical (unpaired) electrons. The Kier molecular flexibility index (Phi) is 6.23. The molecule has 0 saturated heterocycles. The van der Waals surface area contributed by atoms with Gasteiger partial charge in [0.05, 0.1) is 11.1 Å². The first-order chi connectivity index (χ1) is 13.9. The Morgan fingerprint density at radius 1 is 1.24 bits per heavy atom. The number of rotatable bonds is 4. The molecule has 0 aliphatic carbocycles. The molecule has 1 amide bonds. The van der Waals surface area contributed by atoms with Crippen LogP contribution in [0.5, 0.6) is 0 Å². The number of aliphatic carboxylic acids is 1. The van der Waals surface area contributed by atoms with Gasteiger partial charge in [-0.2, -0.15) is 5.26 Å². The topological polar surface area (TPSA) is 102 Å². The van der Waals surface area contributed by atoms with Gasteiger partial charge in [0.1, 0.15) is 6.04 Å². The van der Waals surface area contributed by atoms with E-state index in [-0.39, 0.29) is 6.42 Å². The van der Waals surface area contributed by atoms with E-state index < -0.39 is 17.9 Å². The van der Waals surface area contributed by atoms with Gasteiger partial charge in [-0.3, -0.25) is 4.79 Å². The smallest absolute Gasteiger partial charge is 0.326 e. The van der Waals surface area contributed by atoms with E-state index >= 15 is 0 Å². The molecule has 1 heterocycles. The molecule has 3 rings (SSSR count). The fourth-order valence-electron chi connectivity index (χ4n) is 3.00. The van der Waals surface area contributed by atoms with Gasteiger partial charge in [-0.15, -0.1) is 0 Å². The second-order valence-corrected chi connectivity index (χ2v) is 7.14. The van der Waals surface area contributed by atoms with E-state index in [2.05, 4.69) is 10.6 Å². The molecule has 1 aliphatic heterocycles. The molecule has 1 unspecified atom stereocenters. The number of carbonyl (C=O) groups is 2. The second-order valence-electron chi connectivity index (χ2n) is 6.29. The maximum Gasteiger partial charge on any atom is 0.326 e. The van der Waals surface area contributed by atoms with Crippen molar-refractivity contribution in [2.75, 3.05) is 10.6 Å². The standard InChI is InChI=1S/C21H15Cl2N3O3/c22-14-10-16(23)20-13(8-18(21(28)29)26-17(20)11-14)9-19(27)25-15-5-3-12(4-6-15)2-1-7-24/h1-6,9-11,18,26H,8H2,(H,25,27)(H,28,29)/b2-1+,13-9+. The summed E-state index contributed by atoms with van der Waals surface area (Å²) < 4.78 is 0. The van der Waals surface area contributed by atoms with Crippen LogP contribution in [0.4, 0.5) is 11.4 Å². The van der Waals surface area contributed by atoms with E-state index in [1.165, 1.54) is 12.2 Å². The van der Waals surface area contributed by atoms with Crippen molar-refractivity contribution < 1.29 is 14.7 Å². The lowest BCUT2D eigenvalue weighted by atomic mass is 9.92. The lowest BCUT2D eigenvalue weighted by molar-refractivity contribution is -0.137. The zero-order chi connectivity index (χ0) is 21.0. The van der Waals surface area contributed by atoms with Crippen LogP contribution in [0.15, 0.2) is 48.6 Å². The number of carboxylic acids is 1. The average Bonchev–Trinajstić information content (AvgIpc) is 2.66. The minimum absolute atomic E-state index is 0.0923. The summed E-state index contributed by atoms with van der Waals surface area (Å²) in [6.07, 6.45) is 4.45. The summed E-state index contributed by atoms with van der Waals surface area (Å²) in [6.45, 7) is 0. The highest BCUT2D eigenvalue weighted by atomic mass is 35.5. The number of halogens is 2. The Morgan fingerprint density at radius 2 is 1.97 bits per heavy atom.